The zero-order valence-corrected chi connectivity index (χ0v) is 13.0. The molecule has 23 heavy (non-hydrogen) atoms. The Balaban J connectivity index is 1.66. The van der Waals surface area contributed by atoms with Crippen molar-refractivity contribution in [2.45, 2.75) is 24.5 Å². The molecular weight excluding hydrogens is 299 g/mol. The SMILES string of the molecule is Cn1c(C(=O)N2C[C@H](O)[C@]3(CCCO3)C2)cc2cc(F)ccc21. The molecule has 1 spiro atoms. The van der Waals surface area contributed by atoms with Crippen LogP contribution >= 0.6 is 0 Å². The maximum Gasteiger partial charge on any atom is 0.270 e. The Bertz CT molecular complexity index is 779. The number of β-amino-alcohol motifs (C(OH)–C–C–N with tert-alkyl or cyclic N) is 1. The molecule has 1 N–H and O–H groups in total. The molecule has 0 unspecified atom stereocenters. The Morgan fingerprint density at radius 2 is 2.26 bits per heavy atom. The summed E-state index contributed by atoms with van der Waals surface area (Å²) in [5.74, 6) is -0.479. The second-order valence-corrected chi connectivity index (χ2v) is 6.51. The number of nitrogens with zero attached hydrogens (tertiary/aromatic N) is 2. The smallest absolute Gasteiger partial charge is 0.270 e. The predicted octanol–water partition coefficient (Wildman–Crippen LogP) is 1.68. The number of carbonyl (C=O) groups is 1. The number of amides is 1. The van der Waals surface area contributed by atoms with Crippen LogP contribution in [0.3, 0.4) is 0 Å². The van der Waals surface area contributed by atoms with Gasteiger partial charge in [0.2, 0.25) is 0 Å². The Morgan fingerprint density at radius 3 is 3.00 bits per heavy atom. The van der Waals surface area contributed by atoms with Gasteiger partial charge in [-0.25, -0.2) is 4.39 Å². The van der Waals surface area contributed by atoms with Gasteiger partial charge in [0.15, 0.2) is 0 Å². The second-order valence-electron chi connectivity index (χ2n) is 6.51. The standard InChI is InChI=1S/C17H19FN2O3/c1-19-13-4-3-12(18)7-11(13)8-14(19)16(22)20-9-15(21)17(10-20)5-2-6-23-17/h3-4,7-8,15,21H,2,5-6,9-10H2,1H3/t15-,17-/m0/s1. The van der Waals surface area contributed by atoms with Crippen LogP contribution in [0.4, 0.5) is 4.39 Å². The van der Waals surface area contributed by atoms with Crippen LogP contribution < -0.4 is 0 Å². The zero-order valence-electron chi connectivity index (χ0n) is 13.0. The summed E-state index contributed by atoms with van der Waals surface area (Å²) in [5, 5.41) is 11.0. The van der Waals surface area contributed by atoms with Crippen molar-refractivity contribution < 1.29 is 19.0 Å². The van der Waals surface area contributed by atoms with E-state index in [2.05, 4.69) is 0 Å². The highest BCUT2D eigenvalue weighted by atomic mass is 19.1. The number of aliphatic hydroxyl groups excluding tert-OH is 1. The molecule has 6 heteroatoms. The zero-order chi connectivity index (χ0) is 16.2. The van der Waals surface area contributed by atoms with Crippen molar-refractivity contribution in [2.75, 3.05) is 19.7 Å². The quantitative estimate of drug-likeness (QED) is 0.870. The highest BCUT2D eigenvalue weighted by molar-refractivity contribution is 5.99. The van der Waals surface area contributed by atoms with E-state index in [0.717, 1.165) is 18.4 Å². The summed E-state index contributed by atoms with van der Waals surface area (Å²) >= 11 is 0. The van der Waals surface area contributed by atoms with E-state index in [1.54, 1.807) is 28.6 Å². The number of rotatable bonds is 1. The average Bonchev–Trinajstić information content (AvgIpc) is 3.20. The summed E-state index contributed by atoms with van der Waals surface area (Å²) in [6, 6.07) is 6.18. The predicted molar refractivity (Wildman–Crippen MR) is 82.7 cm³/mol. The summed E-state index contributed by atoms with van der Waals surface area (Å²) in [6.45, 7) is 1.31. The minimum Gasteiger partial charge on any atom is -0.388 e. The fourth-order valence-electron chi connectivity index (χ4n) is 3.82. The Hall–Kier alpha value is -1.92. The van der Waals surface area contributed by atoms with Gasteiger partial charge >= 0.3 is 0 Å². The van der Waals surface area contributed by atoms with Crippen LogP contribution in [-0.2, 0) is 11.8 Å². The molecule has 122 valence electrons. The van der Waals surface area contributed by atoms with Crippen LogP contribution in [-0.4, -0.2) is 51.9 Å². The number of ether oxygens (including phenoxy) is 1. The van der Waals surface area contributed by atoms with Gasteiger partial charge in [-0.15, -0.1) is 0 Å². The van der Waals surface area contributed by atoms with Crippen LogP contribution in [0, 0.1) is 5.82 Å². The molecule has 1 aromatic carbocycles. The van der Waals surface area contributed by atoms with Gasteiger partial charge < -0.3 is 19.3 Å². The lowest BCUT2D eigenvalue weighted by molar-refractivity contribution is -0.0590. The van der Waals surface area contributed by atoms with Crippen LogP contribution in [0.15, 0.2) is 24.3 Å². The number of benzene rings is 1. The van der Waals surface area contributed by atoms with Gasteiger partial charge in [-0.05, 0) is 37.1 Å². The summed E-state index contributed by atoms with van der Waals surface area (Å²) in [6.07, 6.45) is 1.03. The number of halogens is 1. The van der Waals surface area contributed by atoms with E-state index in [9.17, 15) is 14.3 Å². The van der Waals surface area contributed by atoms with E-state index in [1.807, 2.05) is 0 Å². The third-order valence-corrected chi connectivity index (χ3v) is 5.10. The molecule has 1 amide bonds. The average molecular weight is 318 g/mol. The number of hydrogen-bond donors (Lipinski definition) is 1. The first-order valence-electron chi connectivity index (χ1n) is 7.86. The normalized spacial score (nSPS) is 27.4. The van der Waals surface area contributed by atoms with Crippen LogP contribution in [0.2, 0.25) is 0 Å². The molecule has 2 aromatic rings. The van der Waals surface area contributed by atoms with Crippen molar-refractivity contribution in [2.24, 2.45) is 7.05 Å². The van der Waals surface area contributed by atoms with Gasteiger partial charge in [-0.3, -0.25) is 4.79 Å². The first kappa shape index (κ1) is 14.7. The molecule has 5 nitrogen and oxygen atoms in total. The molecule has 0 bridgehead atoms. The molecule has 0 saturated carbocycles. The highest BCUT2D eigenvalue weighted by Crippen LogP contribution is 2.36. The fraction of sp³-hybridized carbons (Fsp3) is 0.471. The van der Waals surface area contributed by atoms with Gasteiger partial charge in [0.05, 0.1) is 6.54 Å². The summed E-state index contributed by atoms with van der Waals surface area (Å²) in [7, 11) is 1.79. The number of hydrogen-bond acceptors (Lipinski definition) is 3. The maximum atomic E-state index is 13.4. The largest absolute Gasteiger partial charge is 0.388 e. The maximum absolute atomic E-state index is 13.4. The second kappa shape index (κ2) is 5.04. The van der Waals surface area contributed by atoms with Gasteiger partial charge in [0.1, 0.15) is 23.2 Å². The lowest BCUT2D eigenvalue weighted by Gasteiger charge is -2.25. The van der Waals surface area contributed by atoms with E-state index in [1.165, 1.54) is 12.1 Å². The van der Waals surface area contributed by atoms with Gasteiger partial charge in [-0.1, -0.05) is 0 Å². The third-order valence-electron chi connectivity index (χ3n) is 5.10. The van der Waals surface area contributed by atoms with E-state index >= 15 is 0 Å². The summed E-state index contributed by atoms with van der Waals surface area (Å²) < 4.78 is 20.9. The molecule has 2 aliphatic rings. The minimum absolute atomic E-state index is 0.157. The fourth-order valence-corrected chi connectivity index (χ4v) is 3.82. The van der Waals surface area contributed by atoms with E-state index in [4.69, 9.17) is 4.74 Å². The first-order valence-corrected chi connectivity index (χ1v) is 7.86. The van der Waals surface area contributed by atoms with Crippen molar-refractivity contribution >= 4 is 16.8 Å². The Morgan fingerprint density at radius 1 is 1.43 bits per heavy atom. The third kappa shape index (κ3) is 2.16. The number of aryl methyl sites for hydroxylation is 1. The lowest BCUT2D eigenvalue weighted by atomic mass is 9.97. The number of aliphatic hydroxyl groups is 1. The van der Waals surface area contributed by atoms with E-state index in [0.29, 0.717) is 24.2 Å². The monoisotopic (exact) mass is 318 g/mol. The van der Waals surface area contributed by atoms with Crippen LogP contribution in [0.5, 0.6) is 0 Å². The summed E-state index contributed by atoms with van der Waals surface area (Å²) in [4.78, 5) is 14.5. The van der Waals surface area contributed by atoms with Gasteiger partial charge in [-0.2, -0.15) is 0 Å². The molecule has 0 radical (unpaired) electrons. The molecule has 1 aromatic heterocycles. The molecule has 2 fully saturated rings. The van der Waals surface area contributed by atoms with Crippen molar-refractivity contribution in [1.82, 2.24) is 9.47 Å². The lowest BCUT2D eigenvalue weighted by Crippen LogP contribution is -2.41. The molecule has 4 rings (SSSR count). The number of aromatic nitrogens is 1. The minimum atomic E-state index is -0.652. The molecule has 2 aliphatic heterocycles. The number of carbonyl (C=O) groups excluding carboxylic acids is 1. The van der Waals surface area contributed by atoms with Crippen molar-refractivity contribution in [3.8, 4) is 0 Å². The van der Waals surface area contributed by atoms with Gasteiger partial charge in [0.25, 0.3) is 5.91 Å². The molecule has 2 atom stereocenters. The van der Waals surface area contributed by atoms with Crippen LogP contribution in [0.1, 0.15) is 23.3 Å². The van der Waals surface area contributed by atoms with Crippen molar-refractivity contribution in [1.29, 1.82) is 0 Å². The van der Waals surface area contributed by atoms with Crippen molar-refractivity contribution in [3.63, 3.8) is 0 Å². The number of likely N-dealkylation sites (tertiary alicyclic amines) is 1. The molecular formula is C17H19FN2O3. The number of fused-ring (bicyclic) bond motifs is 1. The Labute approximate surface area is 133 Å². The van der Waals surface area contributed by atoms with Crippen LogP contribution in [0.25, 0.3) is 10.9 Å². The molecule has 3 heterocycles. The molecule has 0 aliphatic carbocycles. The molecule has 2 saturated heterocycles. The van der Waals surface area contributed by atoms with E-state index < -0.39 is 11.7 Å². The van der Waals surface area contributed by atoms with E-state index in [-0.39, 0.29) is 18.3 Å². The topological polar surface area (TPSA) is 54.7 Å². The summed E-state index contributed by atoms with van der Waals surface area (Å²) in [5.41, 5.74) is 0.695. The first-order chi connectivity index (χ1) is 11.0. The van der Waals surface area contributed by atoms with Gasteiger partial charge in [0, 0.05) is 31.1 Å². The van der Waals surface area contributed by atoms with Crippen molar-refractivity contribution in [3.05, 3.63) is 35.8 Å². The Kier molecular flexibility index (Phi) is 3.21. The highest BCUT2D eigenvalue weighted by Gasteiger charge is 2.50.